The normalized spacial score (nSPS) is 22.4. The maximum absolute atomic E-state index is 12.7. The van der Waals surface area contributed by atoms with Gasteiger partial charge in [0.1, 0.15) is 0 Å². The summed E-state index contributed by atoms with van der Waals surface area (Å²) >= 11 is 0. The molecule has 156 valence electrons. The molecule has 0 aliphatic carbocycles. The third-order valence-corrected chi connectivity index (χ3v) is 5.50. The standard InChI is InChI=1S/C19H27F3N4O2/c1-28-17-5-4-14(11-23-17)12-24-18(27)16-3-2-8-26(16)15-6-9-25(10-7-15)13-19(20,21)22/h4-5,11,15-16H,2-3,6-10,12-13H2,1H3,(H,24,27)/t16-/m0/s1. The van der Waals surface area contributed by atoms with E-state index in [1.807, 2.05) is 6.07 Å². The molecule has 0 unspecified atom stereocenters. The molecule has 2 fully saturated rings. The lowest BCUT2D eigenvalue weighted by Gasteiger charge is -2.39. The molecule has 0 spiro atoms. The number of pyridine rings is 1. The molecule has 0 radical (unpaired) electrons. The summed E-state index contributed by atoms with van der Waals surface area (Å²) in [5.74, 6) is 0.500. The first-order valence-electron chi connectivity index (χ1n) is 9.67. The number of amides is 1. The molecular formula is C19H27F3N4O2. The zero-order valence-electron chi connectivity index (χ0n) is 16.0. The molecule has 6 nitrogen and oxygen atoms in total. The molecule has 0 aromatic carbocycles. The van der Waals surface area contributed by atoms with E-state index < -0.39 is 12.7 Å². The number of halogens is 3. The molecule has 0 saturated carbocycles. The fraction of sp³-hybridized carbons (Fsp3) is 0.684. The highest BCUT2D eigenvalue weighted by molar-refractivity contribution is 5.82. The molecule has 9 heteroatoms. The lowest BCUT2D eigenvalue weighted by molar-refractivity contribution is -0.149. The number of hydrogen-bond donors (Lipinski definition) is 1. The molecule has 3 heterocycles. The number of ether oxygens (including phenoxy) is 1. The highest BCUT2D eigenvalue weighted by atomic mass is 19.4. The van der Waals surface area contributed by atoms with Crippen molar-refractivity contribution < 1.29 is 22.7 Å². The summed E-state index contributed by atoms with van der Waals surface area (Å²) in [6.45, 7) is 1.22. The second-order valence-corrected chi connectivity index (χ2v) is 7.44. The zero-order chi connectivity index (χ0) is 20.1. The predicted octanol–water partition coefficient (Wildman–Crippen LogP) is 2.20. The van der Waals surface area contributed by atoms with Gasteiger partial charge in [-0.3, -0.25) is 14.6 Å². The Morgan fingerprint density at radius 1 is 1.25 bits per heavy atom. The van der Waals surface area contributed by atoms with Gasteiger partial charge in [0.2, 0.25) is 11.8 Å². The van der Waals surface area contributed by atoms with E-state index in [1.165, 1.54) is 4.90 Å². The van der Waals surface area contributed by atoms with Gasteiger partial charge in [-0.05, 0) is 50.9 Å². The quantitative estimate of drug-likeness (QED) is 0.794. The fourth-order valence-corrected chi connectivity index (χ4v) is 4.11. The Labute approximate surface area is 163 Å². The van der Waals surface area contributed by atoms with Gasteiger partial charge in [-0.2, -0.15) is 13.2 Å². The Morgan fingerprint density at radius 3 is 2.61 bits per heavy atom. The van der Waals surface area contributed by atoms with E-state index in [9.17, 15) is 18.0 Å². The SMILES string of the molecule is COc1ccc(CNC(=O)[C@@H]2CCCN2C2CCN(CC(F)(F)F)CC2)cn1. The number of aromatic nitrogens is 1. The van der Waals surface area contributed by atoms with E-state index in [1.54, 1.807) is 19.4 Å². The van der Waals surface area contributed by atoms with Crippen LogP contribution in [0.4, 0.5) is 13.2 Å². The van der Waals surface area contributed by atoms with E-state index in [0.717, 1.165) is 24.9 Å². The van der Waals surface area contributed by atoms with Crippen molar-refractivity contribution >= 4 is 5.91 Å². The maximum atomic E-state index is 12.7. The van der Waals surface area contributed by atoms with E-state index in [0.29, 0.717) is 38.4 Å². The minimum Gasteiger partial charge on any atom is -0.481 e. The topological polar surface area (TPSA) is 57.7 Å². The third kappa shape index (κ3) is 5.57. The van der Waals surface area contributed by atoms with Gasteiger partial charge in [0.05, 0.1) is 19.7 Å². The minimum atomic E-state index is -4.15. The summed E-state index contributed by atoms with van der Waals surface area (Å²) in [6, 6.07) is 3.57. The number of hydrogen-bond acceptors (Lipinski definition) is 5. The first-order chi connectivity index (χ1) is 13.4. The van der Waals surface area contributed by atoms with Gasteiger partial charge in [0.25, 0.3) is 0 Å². The van der Waals surface area contributed by atoms with Crippen LogP contribution in [0.15, 0.2) is 18.3 Å². The summed E-state index contributed by atoms with van der Waals surface area (Å²) in [6.07, 6.45) is 0.575. The number of nitrogens with one attached hydrogen (secondary N) is 1. The van der Waals surface area contributed by atoms with Gasteiger partial charge < -0.3 is 10.1 Å². The molecule has 3 rings (SSSR count). The number of rotatable bonds is 6. The lowest BCUT2D eigenvalue weighted by Crippen LogP contribution is -2.52. The van der Waals surface area contributed by atoms with Crippen molar-refractivity contribution in [2.45, 2.75) is 50.5 Å². The van der Waals surface area contributed by atoms with Crippen LogP contribution >= 0.6 is 0 Å². The van der Waals surface area contributed by atoms with Crippen molar-refractivity contribution in [1.82, 2.24) is 20.1 Å². The summed E-state index contributed by atoms with van der Waals surface area (Å²) < 4.78 is 42.7. The van der Waals surface area contributed by atoms with E-state index in [2.05, 4.69) is 15.2 Å². The van der Waals surface area contributed by atoms with Crippen LogP contribution in [0.3, 0.4) is 0 Å². The average molecular weight is 400 g/mol. The number of nitrogens with zero attached hydrogens (tertiary/aromatic N) is 3. The van der Waals surface area contributed by atoms with Crippen molar-refractivity contribution in [1.29, 1.82) is 0 Å². The van der Waals surface area contributed by atoms with Crippen molar-refractivity contribution in [2.75, 3.05) is 33.3 Å². The Balaban J connectivity index is 1.49. The first kappa shape index (κ1) is 20.9. The first-order valence-corrected chi connectivity index (χ1v) is 9.67. The number of methoxy groups -OCH3 is 1. The summed E-state index contributed by atoms with van der Waals surface area (Å²) in [5.41, 5.74) is 0.888. The van der Waals surface area contributed by atoms with Crippen LogP contribution in [0.25, 0.3) is 0 Å². The molecule has 1 amide bonds. The largest absolute Gasteiger partial charge is 0.481 e. The van der Waals surface area contributed by atoms with Crippen LogP contribution in [0.5, 0.6) is 5.88 Å². The van der Waals surface area contributed by atoms with Crippen molar-refractivity contribution in [2.24, 2.45) is 0 Å². The summed E-state index contributed by atoms with van der Waals surface area (Å²) in [5, 5.41) is 2.97. The van der Waals surface area contributed by atoms with Gasteiger partial charge in [-0.15, -0.1) is 0 Å². The second kappa shape index (κ2) is 9.09. The second-order valence-electron chi connectivity index (χ2n) is 7.44. The predicted molar refractivity (Wildman–Crippen MR) is 97.9 cm³/mol. The van der Waals surface area contributed by atoms with Crippen LogP contribution in [0, 0.1) is 0 Å². The Kier molecular flexibility index (Phi) is 6.77. The molecule has 1 aromatic heterocycles. The highest BCUT2D eigenvalue weighted by Crippen LogP contribution is 2.27. The summed E-state index contributed by atoms with van der Waals surface area (Å²) in [7, 11) is 1.55. The van der Waals surface area contributed by atoms with E-state index in [-0.39, 0.29) is 18.0 Å². The number of likely N-dealkylation sites (tertiary alicyclic amines) is 2. The number of piperidine rings is 1. The van der Waals surface area contributed by atoms with Crippen LogP contribution in [-0.4, -0.2) is 72.2 Å². The Bertz CT molecular complexity index is 646. The van der Waals surface area contributed by atoms with Crippen LogP contribution in [0.2, 0.25) is 0 Å². The Hall–Kier alpha value is -1.87. The monoisotopic (exact) mass is 400 g/mol. The molecular weight excluding hydrogens is 373 g/mol. The highest BCUT2D eigenvalue weighted by Gasteiger charge is 2.38. The van der Waals surface area contributed by atoms with Crippen molar-refractivity contribution in [3.63, 3.8) is 0 Å². The van der Waals surface area contributed by atoms with Gasteiger partial charge in [-0.1, -0.05) is 6.07 Å². The van der Waals surface area contributed by atoms with Crippen LogP contribution in [-0.2, 0) is 11.3 Å². The number of carbonyl (C=O) groups excluding carboxylic acids is 1. The molecule has 2 aliphatic rings. The summed E-state index contributed by atoms with van der Waals surface area (Å²) in [4.78, 5) is 20.5. The van der Waals surface area contributed by atoms with E-state index >= 15 is 0 Å². The van der Waals surface area contributed by atoms with Gasteiger partial charge >= 0.3 is 6.18 Å². The average Bonchev–Trinajstić information content (AvgIpc) is 3.16. The van der Waals surface area contributed by atoms with Gasteiger partial charge in [0, 0.05) is 24.8 Å². The third-order valence-electron chi connectivity index (χ3n) is 5.50. The minimum absolute atomic E-state index is 0.0222. The molecule has 2 aliphatic heterocycles. The molecule has 28 heavy (non-hydrogen) atoms. The zero-order valence-corrected chi connectivity index (χ0v) is 16.0. The fourth-order valence-electron chi connectivity index (χ4n) is 4.11. The van der Waals surface area contributed by atoms with E-state index in [4.69, 9.17) is 4.74 Å². The van der Waals surface area contributed by atoms with Crippen LogP contribution < -0.4 is 10.1 Å². The van der Waals surface area contributed by atoms with Gasteiger partial charge in [-0.25, -0.2) is 4.98 Å². The van der Waals surface area contributed by atoms with Crippen molar-refractivity contribution in [3.8, 4) is 5.88 Å². The Morgan fingerprint density at radius 2 is 2.00 bits per heavy atom. The molecule has 0 bridgehead atoms. The maximum Gasteiger partial charge on any atom is 0.401 e. The number of alkyl halides is 3. The van der Waals surface area contributed by atoms with Crippen molar-refractivity contribution in [3.05, 3.63) is 23.9 Å². The molecule has 2 saturated heterocycles. The number of carbonyl (C=O) groups is 1. The molecule has 1 N–H and O–H groups in total. The smallest absolute Gasteiger partial charge is 0.401 e. The lowest BCUT2D eigenvalue weighted by atomic mass is 10.0. The molecule has 1 atom stereocenters. The van der Waals surface area contributed by atoms with Crippen LogP contribution in [0.1, 0.15) is 31.2 Å². The molecule has 1 aromatic rings. The van der Waals surface area contributed by atoms with Gasteiger partial charge in [0.15, 0.2) is 0 Å².